The van der Waals surface area contributed by atoms with Crippen LogP contribution in [0.1, 0.15) is 36.4 Å². The largest absolute Gasteiger partial charge is 0.349 e. The van der Waals surface area contributed by atoms with Gasteiger partial charge in [0, 0.05) is 17.1 Å². The number of thiazole rings is 1. The highest BCUT2D eigenvalue weighted by molar-refractivity contribution is 7.99. The van der Waals surface area contributed by atoms with Crippen molar-refractivity contribution in [2.45, 2.75) is 45.2 Å². The molecule has 2 heterocycles. The molecule has 1 saturated carbocycles. The number of aryl methyl sites for hydroxylation is 1. The number of thioether (sulfide) groups is 1. The Morgan fingerprint density at radius 2 is 2.18 bits per heavy atom. The van der Waals surface area contributed by atoms with E-state index in [1.165, 1.54) is 0 Å². The predicted molar refractivity (Wildman–Crippen MR) is 88.6 cm³/mol. The number of aromatic nitrogens is 1. The Bertz CT molecular complexity index is 555. The number of carbonyl (C=O) groups is 2. The number of hydrogen-bond donors (Lipinski definition) is 1. The van der Waals surface area contributed by atoms with Crippen molar-refractivity contribution in [2.24, 2.45) is 5.92 Å². The second kappa shape index (κ2) is 7.00. The molecule has 0 aromatic carbocycles. The Morgan fingerprint density at radius 3 is 2.86 bits per heavy atom. The minimum atomic E-state index is -0.321. The summed E-state index contributed by atoms with van der Waals surface area (Å²) in [5.74, 6) is 1.59. The Morgan fingerprint density at radius 1 is 1.41 bits per heavy atom. The quantitative estimate of drug-likeness (QED) is 0.913. The van der Waals surface area contributed by atoms with Crippen molar-refractivity contribution in [3.63, 3.8) is 0 Å². The molecular formula is C15H21N3O2S2. The fourth-order valence-electron chi connectivity index (χ4n) is 3.07. The van der Waals surface area contributed by atoms with E-state index in [0.717, 1.165) is 36.4 Å². The number of hydrogen-bond acceptors (Lipinski definition) is 5. The molecule has 1 N–H and O–H groups in total. The maximum absolute atomic E-state index is 12.6. The van der Waals surface area contributed by atoms with E-state index >= 15 is 0 Å². The molecule has 120 valence electrons. The lowest BCUT2D eigenvalue weighted by Crippen LogP contribution is -2.48. The number of carbonyl (C=O) groups excluding carboxylic acids is 2. The monoisotopic (exact) mass is 339 g/mol. The summed E-state index contributed by atoms with van der Waals surface area (Å²) in [4.78, 5) is 31.1. The van der Waals surface area contributed by atoms with Crippen molar-refractivity contribution in [3.8, 4) is 0 Å². The van der Waals surface area contributed by atoms with Crippen LogP contribution in [0, 0.1) is 12.8 Å². The van der Waals surface area contributed by atoms with Gasteiger partial charge >= 0.3 is 0 Å². The zero-order valence-electron chi connectivity index (χ0n) is 12.7. The molecule has 0 bridgehead atoms. The van der Waals surface area contributed by atoms with E-state index in [9.17, 15) is 9.59 Å². The summed E-state index contributed by atoms with van der Waals surface area (Å²) in [6.07, 6.45) is 4.23. The van der Waals surface area contributed by atoms with E-state index in [1.54, 1.807) is 28.0 Å². The van der Waals surface area contributed by atoms with Gasteiger partial charge in [0.2, 0.25) is 11.8 Å². The standard InChI is InChI=1S/C15H21N3O2S2/c1-10-17-12(7-22-10)6-16-14(19)13-8-21-9-18(13)15(20)11-4-2-3-5-11/h7,11,13H,2-6,8-9H2,1H3,(H,16,19)/t13-/m1/s1. The number of rotatable bonds is 4. The van der Waals surface area contributed by atoms with E-state index in [1.807, 2.05) is 12.3 Å². The van der Waals surface area contributed by atoms with Crippen LogP contribution in [-0.4, -0.2) is 39.4 Å². The number of nitrogens with one attached hydrogen (secondary N) is 1. The van der Waals surface area contributed by atoms with E-state index in [4.69, 9.17) is 0 Å². The van der Waals surface area contributed by atoms with Crippen molar-refractivity contribution in [1.82, 2.24) is 15.2 Å². The molecule has 0 unspecified atom stereocenters. The van der Waals surface area contributed by atoms with Gasteiger partial charge in [-0.15, -0.1) is 23.1 Å². The summed E-state index contributed by atoms with van der Waals surface area (Å²) in [7, 11) is 0. The normalized spacial score (nSPS) is 22.2. The van der Waals surface area contributed by atoms with E-state index < -0.39 is 0 Å². The maximum atomic E-state index is 12.6. The molecule has 22 heavy (non-hydrogen) atoms. The molecule has 1 aliphatic heterocycles. The Labute approximate surface area is 138 Å². The highest BCUT2D eigenvalue weighted by atomic mass is 32.2. The molecule has 1 aromatic rings. The van der Waals surface area contributed by atoms with Crippen molar-refractivity contribution in [2.75, 3.05) is 11.6 Å². The van der Waals surface area contributed by atoms with Crippen molar-refractivity contribution < 1.29 is 9.59 Å². The van der Waals surface area contributed by atoms with E-state index in [2.05, 4.69) is 10.3 Å². The van der Waals surface area contributed by atoms with Crippen LogP contribution >= 0.6 is 23.1 Å². The van der Waals surface area contributed by atoms with Crippen LogP contribution in [0.4, 0.5) is 0 Å². The molecule has 2 fully saturated rings. The highest BCUT2D eigenvalue weighted by Gasteiger charge is 2.38. The lowest BCUT2D eigenvalue weighted by atomic mass is 10.1. The van der Waals surface area contributed by atoms with Crippen molar-refractivity contribution in [3.05, 3.63) is 16.1 Å². The summed E-state index contributed by atoms with van der Waals surface area (Å²) < 4.78 is 0. The van der Waals surface area contributed by atoms with Crippen LogP contribution in [0.3, 0.4) is 0 Å². The van der Waals surface area contributed by atoms with Crippen LogP contribution in [0.2, 0.25) is 0 Å². The van der Waals surface area contributed by atoms with Gasteiger partial charge in [0.1, 0.15) is 6.04 Å². The Hall–Kier alpha value is -1.08. The molecule has 2 amide bonds. The van der Waals surface area contributed by atoms with Crippen molar-refractivity contribution in [1.29, 1.82) is 0 Å². The Kier molecular flexibility index (Phi) is 5.03. The maximum Gasteiger partial charge on any atom is 0.244 e. The number of nitrogens with zero attached hydrogens (tertiary/aromatic N) is 2. The van der Waals surface area contributed by atoms with Gasteiger partial charge < -0.3 is 10.2 Å². The zero-order valence-corrected chi connectivity index (χ0v) is 14.3. The van der Waals surface area contributed by atoms with E-state index in [-0.39, 0.29) is 23.8 Å². The molecular weight excluding hydrogens is 318 g/mol. The third-order valence-electron chi connectivity index (χ3n) is 4.28. The summed E-state index contributed by atoms with van der Waals surface area (Å²) >= 11 is 3.24. The number of amides is 2. The van der Waals surface area contributed by atoms with Gasteiger partial charge in [0.05, 0.1) is 23.1 Å². The van der Waals surface area contributed by atoms with Crippen LogP contribution in [0.25, 0.3) is 0 Å². The van der Waals surface area contributed by atoms with Gasteiger partial charge in [0.25, 0.3) is 0 Å². The van der Waals surface area contributed by atoms with Gasteiger partial charge in [-0.1, -0.05) is 12.8 Å². The average molecular weight is 339 g/mol. The molecule has 1 saturated heterocycles. The van der Waals surface area contributed by atoms with Gasteiger partial charge in [-0.3, -0.25) is 9.59 Å². The summed E-state index contributed by atoms with van der Waals surface area (Å²) in [5.41, 5.74) is 0.884. The summed E-state index contributed by atoms with van der Waals surface area (Å²) in [5, 5.41) is 5.89. The minimum absolute atomic E-state index is 0.0537. The predicted octanol–water partition coefficient (Wildman–Crippen LogP) is 2.16. The van der Waals surface area contributed by atoms with E-state index in [0.29, 0.717) is 18.2 Å². The third kappa shape index (κ3) is 3.46. The van der Waals surface area contributed by atoms with Crippen LogP contribution < -0.4 is 5.32 Å². The second-order valence-corrected chi connectivity index (χ2v) is 7.94. The molecule has 1 atom stereocenters. The minimum Gasteiger partial charge on any atom is -0.349 e. The summed E-state index contributed by atoms with van der Waals surface area (Å²) in [6, 6.07) is -0.321. The molecule has 3 rings (SSSR count). The SMILES string of the molecule is Cc1nc(CNC(=O)[C@H]2CSCN2C(=O)C2CCCC2)cs1. The molecule has 2 aliphatic rings. The topological polar surface area (TPSA) is 62.3 Å². The smallest absolute Gasteiger partial charge is 0.244 e. The first-order chi connectivity index (χ1) is 10.6. The molecule has 0 spiro atoms. The molecule has 0 radical (unpaired) electrons. The average Bonchev–Trinajstić information content (AvgIpc) is 3.25. The van der Waals surface area contributed by atoms with Crippen molar-refractivity contribution >= 4 is 34.9 Å². The fraction of sp³-hybridized carbons (Fsp3) is 0.667. The highest BCUT2D eigenvalue weighted by Crippen LogP contribution is 2.30. The summed E-state index contributed by atoms with van der Waals surface area (Å²) in [6.45, 7) is 2.39. The fourth-order valence-corrected chi connectivity index (χ4v) is 4.85. The molecule has 5 nitrogen and oxygen atoms in total. The second-order valence-electron chi connectivity index (χ2n) is 5.88. The third-order valence-corrected chi connectivity index (χ3v) is 6.12. The zero-order chi connectivity index (χ0) is 15.5. The van der Waals surface area contributed by atoms with Gasteiger partial charge in [-0.25, -0.2) is 4.98 Å². The lowest BCUT2D eigenvalue weighted by Gasteiger charge is -2.25. The van der Waals surface area contributed by atoms with Gasteiger partial charge in [-0.05, 0) is 19.8 Å². The van der Waals surface area contributed by atoms with Gasteiger partial charge in [0.15, 0.2) is 0 Å². The van der Waals surface area contributed by atoms with Crippen LogP contribution in [-0.2, 0) is 16.1 Å². The van der Waals surface area contributed by atoms with Gasteiger partial charge in [-0.2, -0.15) is 0 Å². The molecule has 1 aliphatic carbocycles. The first-order valence-corrected chi connectivity index (χ1v) is 9.75. The lowest BCUT2D eigenvalue weighted by molar-refractivity contribution is -0.141. The first kappa shape index (κ1) is 15.8. The molecule has 1 aromatic heterocycles. The van der Waals surface area contributed by atoms with Crippen LogP contribution in [0.15, 0.2) is 5.38 Å². The first-order valence-electron chi connectivity index (χ1n) is 7.72. The van der Waals surface area contributed by atoms with Crippen LogP contribution in [0.5, 0.6) is 0 Å². The molecule has 7 heteroatoms. The Balaban J connectivity index is 1.57.